The van der Waals surface area contributed by atoms with E-state index in [4.69, 9.17) is 11.5 Å². The zero-order valence-corrected chi connectivity index (χ0v) is 14.8. The predicted molar refractivity (Wildman–Crippen MR) is 92.2 cm³/mol. The number of aromatic nitrogens is 2. The van der Waals surface area contributed by atoms with E-state index in [2.05, 4.69) is 24.7 Å². The first kappa shape index (κ1) is 21.6. The lowest BCUT2D eigenvalue weighted by molar-refractivity contribution is -0.118. The molecule has 0 saturated carbocycles. The number of unbranched alkanes of at least 4 members (excludes halogenated alkanes) is 1. The second-order valence-corrected chi connectivity index (χ2v) is 6.97. The molecule has 5 N–H and O–H groups in total. The molecule has 0 saturated heterocycles. The van der Waals surface area contributed by atoms with Crippen LogP contribution in [0.15, 0.2) is 21.7 Å². The van der Waals surface area contributed by atoms with Gasteiger partial charge >= 0.3 is 6.18 Å². The number of rotatable bonds is 8. The predicted octanol–water partition coefficient (Wildman–Crippen LogP) is 0.795. The van der Waals surface area contributed by atoms with Gasteiger partial charge in [-0.3, -0.25) is 0 Å². The quantitative estimate of drug-likeness (QED) is 0.335. The third-order valence-electron chi connectivity index (χ3n) is 2.76. The van der Waals surface area contributed by atoms with Gasteiger partial charge in [0, 0.05) is 19.0 Å². The van der Waals surface area contributed by atoms with E-state index in [1.54, 1.807) is 0 Å². The number of aliphatic imine (C=N–C) groups is 1. The summed E-state index contributed by atoms with van der Waals surface area (Å²) >= 11 is 0. The average Bonchev–Trinajstić information content (AvgIpc) is 2.48. The van der Waals surface area contributed by atoms with E-state index in [0.717, 1.165) is 6.26 Å². The Hall–Kier alpha value is -2.44. The fourth-order valence-corrected chi connectivity index (χ4v) is 2.30. The number of halogens is 3. The molecular formula is C13H20F3N7O2S. The summed E-state index contributed by atoms with van der Waals surface area (Å²) in [6.07, 6.45) is -0.103. The lowest BCUT2D eigenvalue weighted by Crippen LogP contribution is -2.26. The van der Waals surface area contributed by atoms with Gasteiger partial charge in [-0.1, -0.05) is 0 Å². The summed E-state index contributed by atoms with van der Waals surface area (Å²) in [6, 6.07) is 1.44. The summed E-state index contributed by atoms with van der Waals surface area (Å²) in [7, 11) is -3.51. The largest absolute Gasteiger partial charge is 0.408 e. The summed E-state index contributed by atoms with van der Waals surface area (Å²) in [5, 5.41) is 2.46. The molecule has 0 amide bonds. The minimum atomic E-state index is -4.44. The van der Waals surface area contributed by atoms with E-state index < -0.39 is 28.7 Å². The summed E-state index contributed by atoms with van der Waals surface area (Å²) in [6.45, 7) is -1.39. The van der Waals surface area contributed by atoms with Crippen molar-refractivity contribution in [3.05, 3.63) is 18.1 Å². The normalized spacial score (nSPS) is 13.7. The number of nitrogens with two attached hydrogens (primary N) is 2. The number of nitrogens with one attached hydrogen (secondary N) is 1. The standard InChI is InChI=1S/C13H20F3N7O2S/c1-26(24,25)23-9(17)4-2-3-5-10-19-7-6-11(21-10)22-12(18)20-8-13(14,15)16/h6-7H,2-5,8H2,1H3,(H2,17,23)(H3,18,19,20,21,22). The Kier molecular flexibility index (Phi) is 7.74. The van der Waals surface area contributed by atoms with Crippen molar-refractivity contribution in [2.75, 3.05) is 18.1 Å². The molecule has 0 aliphatic heterocycles. The molecule has 0 aliphatic rings. The number of sulfonamides is 1. The molecule has 1 aromatic heterocycles. The Balaban J connectivity index is 2.51. The van der Waals surface area contributed by atoms with Gasteiger partial charge in [0.15, 0.2) is 5.96 Å². The lowest BCUT2D eigenvalue weighted by Gasteiger charge is -2.07. The second-order valence-electron chi connectivity index (χ2n) is 5.32. The zero-order valence-electron chi connectivity index (χ0n) is 14.0. The van der Waals surface area contributed by atoms with E-state index in [0.29, 0.717) is 31.5 Å². The minimum absolute atomic E-state index is 0.0254. The maximum atomic E-state index is 12.1. The number of hydrogen-bond acceptors (Lipinski definition) is 5. The van der Waals surface area contributed by atoms with Crippen LogP contribution in [0, 0.1) is 0 Å². The molecule has 0 atom stereocenters. The fourth-order valence-electron chi connectivity index (χ4n) is 1.78. The number of alkyl halides is 3. The van der Waals surface area contributed by atoms with E-state index in [-0.39, 0.29) is 11.7 Å². The third kappa shape index (κ3) is 10.4. The molecule has 0 aromatic carbocycles. The van der Waals surface area contributed by atoms with Crippen LogP contribution in [-0.4, -0.2) is 49.2 Å². The molecule has 26 heavy (non-hydrogen) atoms. The maximum absolute atomic E-state index is 12.1. The van der Waals surface area contributed by atoms with Crippen LogP contribution >= 0.6 is 0 Å². The van der Waals surface area contributed by atoms with Gasteiger partial charge in [-0.2, -0.15) is 17.6 Å². The van der Waals surface area contributed by atoms with Gasteiger partial charge in [-0.25, -0.2) is 23.4 Å². The van der Waals surface area contributed by atoms with Gasteiger partial charge < -0.3 is 16.8 Å². The van der Waals surface area contributed by atoms with Crippen LogP contribution in [0.2, 0.25) is 0 Å². The van der Waals surface area contributed by atoms with Crippen LogP contribution in [0.25, 0.3) is 0 Å². The number of aryl methyl sites for hydroxylation is 1. The van der Waals surface area contributed by atoms with Crippen LogP contribution in [0.3, 0.4) is 0 Å². The van der Waals surface area contributed by atoms with E-state index in [9.17, 15) is 21.6 Å². The maximum Gasteiger partial charge on any atom is 0.408 e. The van der Waals surface area contributed by atoms with E-state index in [1.165, 1.54) is 12.3 Å². The van der Waals surface area contributed by atoms with Crippen molar-refractivity contribution in [1.29, 1.82) is 0 Å². The molecule has 146 valence electrons. The molecule has 0 bridgehead atoms. The Bertz CT molecular complexity index is 763. The SMILES string of the molecule is CS(=O)(=O)N=C(N)CCCCc1nccc(NC(N)=NCC(F)(F)F)n1. The summed E-state index contributed by atoms with van der Waals surface area (Å²) < 4.78 is 61.5. The highest BCUT2D eigenvalue weighted by molar-refractivity contribution is 7.89. The molecule has 0 radical (unpaired) electrons. The molecule has 1 heterocycles. The van der Waals surface area contributed by atoms with Crippen molar-refractivity contribution in [3.63, 3.8) is 0 Å². The molecule has 0 fully saturated rings. The molecule has 0 aliphatic carbocycles. The van der Waals surface area contributed by atoms with Crippen molar-refractivity contribution >= 4 is 27.6 Å². The lowest BCUT2D eigenvalue weighted by atomic mass is 10.2. The van der Waals surface area contributed by atoms with Gasteiger partial charge in [0.25, 0.3) is 10.0 Å². The van der Waals surface area contributed by atoms with Crippen LogP contribution < -0.4 is 16.8 Å². The van der Waals surface area contributed by atoms with Crippen molar-refractivity contribution < 1.29 is 21.6 Å². The number of hydrogen-bond donors (Lipinski definition) is 3. The third-order valence-corrected chi connectivity index (χ3v) is 3.32. The summed E-state index contributed by atoms with van der Waals surface area (Å²) in [5.74, 6) is 0.281. The topological polar surface area (TPSA) is 149 Å². The minimum Gasteiger partial charge on any atom is -0.386 e. The Morgan fingerprint density at radius 2 is 2.00 bits per heavy atom. The average molecular weight is 395 g/mol. The van der Waals surface area contributed by atoms with E-state index in [1.807, 2.05) is 0 Å². The molecule has 0 spiro atoms. The van der Waals surface area contributed by atoms with E-state index >= 15 is 0 Å². The fraction of sp³-hybridized carbons (Fsp3) is 0.538. The molecule has 9 nitrogen and oxygen atoms in total. The number of nitrogens with zero attached hydrogens (tertiary/aromatic N) is 4. The monoisotopic (exact) mass is 395 g/mol. The first-order valence-electron chi connectivity index (χ1n) is 7.44. The van der Waals surface area contributed by atoms with Gasteiger partial charge in [0.1, 0.15) is 24.0 Å². The number of guanidine groups is 1. The molecular weight excluding hydrogens is 375 g/mol. The van der Waals surface area contributed by atoms with Crippen molar-refractivity contribution in [2.24, 2.45) is 20.9 Å². The van der Waals surface area contributed by atoms with Crippen LogP contribution in [0.4, 0.5) is 19.0 Å². The first-order valence-corrected chi connectivity index (χ1v) is 9.29. The zero-order chi connectivity index (χ0) is 19.8. The summed E-state index contributed by atoms with van der Waals surface area (Å²) in [5.41, 5.74) is 10.9. The van der Waals surface area contributed by atoms with Crippen LogP contribution in [-0.2, 0) is 16.4 Å². The van der Waals surface area contributed by atoms with Crippen LogP contribution in [0.5, 0.6) is 0 Å². The highest BCUT2D eigenvalue weighted by atomic mass is 32.2. The molecule has 13 heteroatoms. The molecule has 1 rings (SSSR count). The molecule has 1 aromatic rings. The van der Waals surface area contributed by atoms with Gasteiger partial charge in [-0.05, 0) is 18.9 Å². The van der Waals surface area contributed by atoms with Gasteiger partial charge in [-0.15, -0.1) is 0 Å². The number of amidine groups is 1. The second kappa shape index (κ2) is 9.31. The van der Waals surface area contributed by atoms with Crippen LogP contribution in [0.1, 0.15) is 25.1 Å². The number of anilines is 1. The highest BCUT2D eigenvalue weighted by Gasteiger charge is 2.26. The Morgan fingerprint density at radius 1 is 1.31 bits per heavy atom. The van der Waals surface area contributed by atoms with Crippen molar-refractivity contribution in [1.82, 2.24) is 9.97 Å². The Morgan fingerprint density at radius 3 is 2.62 bits per heavy atom. The Labute approximate surface area is 148 Å². The molecule has 0 unspecified atom stereocenters. The highest BCUT2D eigenvalue weighted by Crippen LogP contribution is 2.14. The van der Waals surface area contributed by atoms with Crippen molar-refractivity contribution in [2.45, 2.75) is 31.9 Å². The first-order chi connectivity index (χ1) is 11.9. The van der Waals surface area contributed by atoms with Gasteiger partial charge in [0.05, 0.1) is 6.26 Å². The smallest absolute Gasteiger partial charge is 0.386 e. The van der Waals surface area contributed by atoms with Gasteiger partial charge in [0.2, 0.25) is 0 Å². The summed E-state index contributed by atoms with van der Waals surface area (Å²) in [4.78, 5) is 11.3. The van der Waals surface area contributed by atoms with Crippen molar-refractivity contribution in [3.8, 4) is 0 Å².